The van der Waals surface area contributed by atoms with Crippen LogP contribution < -0.4 is 5.73 Å². The molecule has 0 spiro atoms. The van der Waals surface area contributed by atoms with Crippen LogP contribution in [0.5, 0.6) is 0 Å². The summed E-state index contributed by atoms with van der Waals surface area (Å²) in [6, 6.07) is 5.52. The summed E-state index contributed by atoms with van der Waals surface area (Å²) in [5.41, 5.74) is 6.24. The van der Waals surface area contributed by atoms with Gasteiger partial charge in [0, 0.05) is 31.2 Å². The monoisotopic (exact) mass is 228 g/mol. The first-order valence-corrected chi connectivity index (χ1v) is 5.47. The van der Waals surface area contributed by atoms with Gasteiger partial charge in [0.15, 0.2) is 0 Å². The Labute approximate surface area is 93.8 Å². The maximum absolute atomic E-state index is 13.6. The van der Waals surface area contributed by atoms with E-state index in [1.807, 2.05) is 0 Å². The number of nitrogens with zero attached hydrogens (tertiary/aromatic N) is 1. The number of hydrogen-bond acceptors (Lipinski definition) is 2. The van der Waals surface area contributed by atoms with Crippen LogP contribution in [0, 0.1) is 5.82 Å². The van der Waals surface area contributed by atoms with Crippen molar-refractivity contribution in [1.82, 2.24) is 4.90 Å². The molecule has 1 aliphatic rings. The third-order valence-electron chi connectivity index (χ3n) is 2.94. The van der Waals surface area contributed by atoms with Gasteiger partial charge in [-0.25, -0.2) is 4.39 Å². The predicted octanol–water partition coefficient (Wildman–Crippen LogP) is 2.01. The molecule has 15 heavy (non-hydrogen) atoms. The SMILES string of the molecule is NCC1CCN1Cc1cccc(Cl)c1F. The molecular weight excluding hydrogens is 215 g/mol. The van der Waals surface area contributed by atoms with Gasteiger partial charge in [0.2, 0.25) is 0 Å². The molecule has 1 saturated heterocycles. The summed E-state index contributed by atoms with van der Waals surface area (Å²) < 4.78 is 13.6. The van der Waals surface area contributed by atoms with E-state index in [2.05, 4.69) is 4.90 Å². The molecule has 4 heteroatoms. The maximum Gasteiger partial charge on any atom is 0.146 e. The highest BCUT2D eigenvalue weighted by Crippen LogP contribution is 2.23. The molecule has 0 aromatic heterocycles. The normalized spacial score (nSPS) is 21.4. The van der Waals surface area contributed by atoms with Crippen LogP contribution in [0.4, 0.5) is 4.39 Å². The average molecular weight is 229 g/mol. The molecule has 0 saturated carbocycles. The van der Waals surface area contributed by atoms with E-state index in [1.54, 1.807) is 18.2 Å². The molecular formula is C11H14ClFN2. The zero-order valence-corrected chi connectivity index (χ0v) is 9.17. The molecule has 1 unspecified atom stereocenters. The van der Waals surface area contributed by atoms with E-state index < -0.39 is 0 Å². The van der Waals surface area contributed by atoms with Crippen LogP contribution >= 0.6 is 11.6 Å². The number of hydrogen-bond donors (Lipinski definition) is 1. The van der Waals surface area contributed by atoms with Crippen LogP contribution in [0.3, 0.4) is 0 Å². The summed E-state index contributed by atoms with van der Waals surface area (Å²) in [6.07, 6.45) is 1.11. The van der Waals surface area contributed by atoms with Crippen molar-refractivity contribution in [2.75, 3.05) is 13.1 Å². The van der Waals surface area contributed by atoms with Crippen molar-refractivity contribution >= 4 is 11.6 Å². The molecule has 1 heterocycles. The Hall–Kier alpha value is -0.640. The van der Waals surface area contributed by atoms with Crippen molar-refractivity contribution in [3.05, 3.63) is 34.6 Å². The van der Waals surface area contributed by atoms with Crippen molar-refractivity contribution < 1.29 is 4.39 Å². The van der Waals surface area contributed by atoms with Crippen LogP contribution in [-0.4, -0.2) is 24.0 Å². The molecule has 0 amide bonds. The number of halogens is 2. The minimum atomic E-state index is -0.304. The van der Waals surface area contributed by atoms with Gasteiger partial charge in [-0.3, -0.25) is 4.90 Å². The van der Waals surface area contributed by atoms with E-state index in [4.69, 9.17) is 17.3 Å². The lowest BCUT2D eigenvalue weighted by molar-refractivity contribution is 0.0869. The Morgan fingerprint density at radius 1 is 1.53 bits per heavy atom. The Kier molecular flexibility index (Phi) is 3.24. The summed E-state index contributed by atoms with van der Waals surface area (Å²) in [5.74, 6) is -0.304. The molecule has 2 N–H and O–H groups in total. The van der Waals surface area contributed by atoms with Crippen molar-refractivity contribution in [2.24, 2.45) is 5.73 Å². The van der Waals surface area contributed by atoms with E-state index in [0.29, 0.717) is 24.7 Å². The van der Waals surface area contributed by atoms with Crippen LogP contribution in [-0.2, 0) is 6.54 Å². The molecule has 1 atom stereocenters. The molecule has 0 bridgehead atoms. The summed E-state index contributed by atoms with van der Waals surface area (Å²) in [5, 5.41) is 0.192. The van der Waals surface area contributed by atoms with Gasteiger partial charge in [-0.15, -0.1) is 0 Å². The highest BCUT2D eigenvalue weighted by atomic mass is 35.5. The number of benzene rings is 1. The van der Waals surface area contributed by atoms with E-state index in [9.17, 15) is 4.39 Å². The highest BCUT2D eigenvalue weighted by molar-refractivity contribution is 6.30. The largest absolute Gasteiger partial charge is 0.329 e. The zero-order chi connectivity index (χ0) is 10.8. The van der Waals surface area contributed by atoms with Gasteiger partial charge in [0.05, 0.1) is 5.02 Å². The molecule has 82 valence electrons. The first kappa shape index (κ1) is 10.9. The van der Waals surface area contributed by atoms with Gasteiger partial charge < -0.3 is 5.73 Å². The van der Waals surface area contributed by atoms with Crippen molar-refractivity contribution in [3.63, 3.8) is 0 Å². The van der Waals surface area contributed by atoms with Gasteiger partial charge in [-0.1, -0.05) is 23.7 Å². The van der Waals surface area contributed by atoms with Gasteiger partial charge in [0.25, 0.3) is 0 Å². The zero-order valence-electron chi connectivity index (χ0n) is 8.42. The summed E-state index contributed by atoms with van der Waals surface area (Å²) >= 11 is 5.71. The van der Waals surface area contributed by atoms with E-state index in [-0.39, 0.29) is 10.8 Å². The fourth-order valence-corrected chi connectivity index (χ4v) is 2.05. The quantitative estimate of drug-likeness (QED) is 0.858. The smallest absolute Gasteiger partial charge is 0.146 e. The summed E-state index contributed by atoms with van der Waals surface area (Å²) in [7, 11) is 0. The molecule has 1 aromatic rings. The lowest BCUT2D eigenvalue weighted by atomic mass is 10.0. The molecule has 1 aliphatic heterocycles. The Balaban J connectivity index is 2.08. The second-order valence-corrected chi connectivity index (χ2v) is 4.27. The second kappa shape index (κ2) is 4.47. The van der Waals surface area contributed by atoms with E-state index in [0.717, 1.165) is 13.0 Å². The third kappa shape index (κ3) is 2.14. The second-order valence-electron chi connectivity index (χ2n) is 3.86. The van der Waals surface area contributed by atoms with Crippen LogP contribution in [0.25, 0.3) is 0 Å². The standard InChI is InChI=1S/C11H14ClFN2/c12-10-3-1-2-8(11(10)13)7-15-5-4-9(15)6-14/h1-3,9H,4-7,14H2. The van der Waals surface area contributed by atoms with Crippen molar-refractivity contribution in [2.45, 2.75) is 19.0 Å². The lowest BCUT2D eigenvalue weighted by Gasteiger charge is -2.40. The molecule has 1 fully saturated rings. The first-order valence-electron chi connectivity index (χ1n) is 5.09. The molecule has 2 rings (SSSR count). The number of likely N-dealkylation sites (tertiary alicyclic amines) is 1. The molecule has 2 nitrogen and oxygen atoms in total. The molecule has 1 aromatic carbocycles. The number of nitrogens with two attached hydrogens (primary N) is 1. The van der Waals surface area contributed by atoms with Crippen molar-refractivity contribution in [3.8, 4) is 0 Å². The first-order chi connectivity index (χ1) is 7.22. The maximum atomic E-state index is 13.6. The minimum Gasteiger partial charge on any atom is -0.329 e. The summed E-state index contributed by atoms with van der Waals surface area (Å²) in [4.78, 5) is 2.18. The minimum absolute atomic E-state index is 0.192. The van der Waals surface area contributed by atoms with Gasteiger partial charge in [-0.2, -0.15) is 0 Å². The van der Waals surface area contributed by atoms with Crippen LogP contribution in [0.15, 0.2) is 18.2 Å². The summed E-state index contributed by atoms with van der Waals surface area (Å²) in [6.45, 7) is 2.24. The Morgan fingerprint density at radius 2 is 2.33 bits per heavy atom. The van der Waals surface area contributed by atoms with Crippen LogP contribution in [0.2, 0.25) is 5.02 Å². The Morgan fingerprint density at radius 3 is 2.93 bits per heavy atom. The fraction of sp³-hybridized carbons (Fsp3) is 0.455. The lowest BCUT2D eigenvalue weighted by Crippen LogP contribution is -2.51. The van der Waals surface area contributed by atoms with Crippen molar-refractivity contribution in [1.29, 1.82) is 0 Å². The number of rotatable bonds is 3. The van der Waals surface area contributed by atoms with E-state index >= 15 is 0 Å². The van der Waals surface area contributed by atoms with Gasteiger partial charge >= 0.3 is 0 Å². The Bertz CT molecular complexity index is 354. The molecule has 0 radical (unpaired) electrons. The molecule has 0 aliphatic carbocycles. The highest BCUT2D eigenvalue weighted by Gasteiger charge is 2.27. The third-order valence-corrected chi connectivity index (χ3v) is 3.23. The average Bonchev–Trinajstić information content (AvgIpc) is 2.19. The fourth-order valence-electron chi connectivity index (χ4n) is 1.86. The van der Waals surface area contributed by atoms with E-state index in [1.165, 1.54) is 0 Å². The van der Waals surface area contributed by atoms with Crippen LogP contribution in [0.1, 0.15) is 12.0 Å². The van der Waals surface area contributed by atoms with Gasteiger partial charge in [-0.05, 0) is 12.5 Å². The van der Waals surface area contributed by atoms with Gasteiger partial charge in [0.1, 0.15) is 5.82 Å². The predicted molar refractivity (Wildman–Crippen MR) is 59.3 cm³/mol. The topological polar surface area (TPSA) is 29.3 Å².